The maximum atomic E-state index is 13.3. The predicted molar refractivity (Wildman–Crippen MR) is 108 cm³/mol. The second kappa shape index (κ2) is 8.31. The lowest BCUT2D eigenvalue weighted by molar-refractivity contribution is 0.0981. The number of aryl methyl sites for hydroxylation is 1. The lowest BCUT2D eigenvalue weighted by Gasteiger charge is -2.18. The molecule has 0 aromatic heterocycles. The Bertz CT molecular complexity index is 993. The molecule has 0 N–H and O–H groups in total. The van der Waals surface area contributed by atoms with Crippen molar-refractivity contribution in [2.45, 2.75) is 29.9 Å². The number of carbonyl (C=O) groups excluding carboxylic acids is 1. The minimum Gasteiger partial charge on any atom is -0.294 e. The van der Waals surface area contributed by atoms with Crippen LogP contribution in [0.15, 0.2) is 89.8 Å². The van der Waals surface area contributed by atoms with Gasteiger partial charge in [-0.05, 0) is 31.0 Å². The van der Waals surface area contributed by atoms with Gasteiger partial charge in [-0.15, -0.1) is 0 Å². The molecule has 0 amide bonds. The summed E-state index contributed by atoms with van der Waals surface area (Å²) in [6, 6.07) is 25.1. The van der Waals surface area contributed by atoms with Crippen molar-refractivity contribution >= 4 is 15.6 Å². The molecular weight excluding hydrogens is 356 g/mol. The number of Topliss-reactive ketones (excluding diaryl/α,β-unsaturated/α-hetero) is 1. The van der Waals surface area contributed by atoms with Crippen molar-refractivity contribution in [1.82, 2.24) is 0 Å². The van der Waals surface area contributed by atoms with Gasteiger partial charge in [-0.1, -0.05) is 78.4 Å². The van der Waals surface area contributed by atoms with Gasteiger partial charge < -0.3 is 0 Å². The van der Waals surface area contributed by atoms with E-state index in [0.717, 1.165) is 11.1 Å². The largest absolute Gasteiger partial charge is 0.294 e. The average Bonchev–Trinajstić information content (AvgIpc) is 2.69. The molecule has 0 saturated heterocycles. The monoisotopic (exact) mass is 378 g/mol. The van der Waals surface area contributed by atoms with Crippen LogP contribution in [0.1, 0.15) is 27.9 Å². The van der Waals surface area contributed by atoms with E-state index in [9.17, 15) is 13.2 Å². The highest BCUT2D eigenvalue weighted by Gasteiger charge is 2.30. The molecular formula is C23H22O3S. The summed E-state index contributed by atoms with van der Waals surface area (Å²) in [5.74, 6) is -0.160. The Labute approximate surface area is 160 Å². The quantitative estimate of drug-likeness (QED) is 0.562. The molecule has 0 aliphatic rings. The van der Waals surface area contributed by atoms with E-state index in [2.05, 4.69) is 0 Å². The summed E-state index contributed by atoms with van der Waals surface area (Å²) in [5.41, 5.74) is 2.43. The summed E-state index contributed by atoms with van der Waals surface area (Å²) in [6.07, 6.45) is 0.255. The first-order valence-corrected chi connectivity index (χ1v) is 10.4. The van der Waals surface area contributed by atoms with Gasteiger partial charge in [0.15, 0.2) is 15.6 Å². The first-order valence-electron chi connectivity index (χ1n) is 8.89. The Morgan fingerprint density at radius 1 is 0.815 bits per heavy atom. The maximum Gasteiger partial charge on any atom is 0.182 e. The SMILES string of the molecule is Cc1ccc(S(=O)(=O)[C@H](CC(=O)c2ccccc2)Cc2ccccc2)cc1. The second-order valence-corrected chi connectivity index (χ2v) is 8.89. The fourth-order valence-electron chi connectivity index (χ4n) is 3.04. The zero-order chi connectivity index (χ0) is 19.3. The van der Waals surface area contributed by atoms with Gasteiger partial charge in [-0.3, -0.25) is 4.79 Å². The van der Waals surface area contributed by atoms with Gasteiger partial charge in [0.1, 0.15) is 0 Å². The molecule has 138 valence electrons. The van der Waals surface area contributed by atoms with E-state index in [4.69, 9.17) is 0 Å². The lowest BCUT2D eigenvalue weighted by atomic mass is 10.0. The van der Waals surface area contributed by atoms with E-state index in [1.807, 2.05) is 43.3 Å². The molecule has 0 bridgehead atoms. The van der Waals surface area contributed by atoms with Crippen molar-refractivity contribution in [1.29, 1.82) is 0 Å². The Hall–Kier alpha value is -2.72. The van der Waals surface area contributed by atoms with Gasteiger partial charge in [0, 0.05) is 12.0 Å². The molecule has 0 unspecified atom stereocenters. The summed E-state index contributed by atoms with van der Waals surface area (Å²) in [7, 11) is -3.64. The van der Waals surface area contributed by atoms with Gasteiger partial charge in [-0.2, -0.15) is 0 Å². The third-order valence-corrected chi connectivity index (χ3v) is 6.74. The summed E-state index contributed by atoms with van der Waals surface area (Å²) in [4.78, 5) is 13.0. The number of ketones is 1. The third kappa shape index (κ3) is 4.72. The number of benzene rings is 3. The van der Waals surface area contributed by atoms with Crippen LogP contribution < -0.4 is 0 Å². The van der Waals surface area contributed by atoms with Crippen LogP contribution in [0.2, 0.25) is 0 Å². The normalized spacial score (nSPS) is 12.5. The molecule has 0 spiro atoms. The van der Waals surface area contributed by atoms with Crippen LogP contribution in [-0.2, 0) is 16.3 Å². The van der Waals surface area contributed by atoms with Crippen molar-refractivity contribution < 1.29 is 13.2 Å². The van der Waals surface area contributed by atoms with Crippen molar-refractivity contribution in [3.05, 3.63) is 102 Å². The molecule has 0 aliphatic heterocycles. The number of rotatable bonds is 7. The summed E-state index contributed by atoms with van der Waals surface area (Å²) < 4.78 is 26.5. The molecule has 0 fully saturated rings. The molecule has 1 atom stereocenters. The van der Waals surface area contributed by atoms with Crippen LogP contribution in [-0.4, -0.2) is 19.5 Å². The van der Waals surface area contributed by atoms with Gasteiger partial charge in [0.05, 0.1) is 10.1 Å². The van der Waals surface area contributed by atoms with Crippen LogP contribution in [0.4, 0.5) is 0 Å². The van der Waals surface area contributed by atoms with Gasteiger partial charge in [-0.25, -0.2) is 8.42 Å². The maximum absolute atomic E-state index is 13.3. The van der Waals surface area contributed by atoms with Crippen LogP contribution in [0.3, 0.4) is 0 Å². The van der Waals surface area contributed by atoms with Crippen LogP contribution >= 0.6 is 0 Å². The molecule has 3 nitrogen and oxygen atoms in total. The fourth-order valence-corrected chi connectivity index (χ4v) is 4.72. The van der Waals surface area contributed by atoms with E-state index >= 15 is 0 Å². The third-order valence-electron chi connectivity index (χ3n) is 4.60. The van der Waals surface area contributed by atoms with Gasteiger partial charge >= 0.3 is 0 Å². The summed E-state index contributed by atoms with van der Waals surface area (Å²) in [5, 5.41) is -0.810. The van der Waals surface area contributed by atoms with E-state index in [-0.39, 0.29) is 17.1 Å². The topological polar surface area (TPSA) is 51.2 Å². The van der Waals surface area contributed by atoms with Crippen LogP contribution in [0.25, 0.3) is 0 Å². The molecule has 4 heteroatoms. The van der Waals surface area contributed by atoms with Gasteiger partial charge in [0.25, 0.3) is 0 Å². The standard InChI is InChI=1S/C23H22O3S/c1-18-12-14-21(15-13-18)27(25,26)22(16-19-8-4-2-5-9-19)17-23(24)20-10-6-3-7-11-20/h2-15,22H,16-17H2,1H3/t22-/m0/s1. The van der Waals surface area contributed by atoms with E-state index in [1.54, 1.807) is 48.5 Å². The number of sulfone groups is 1. The zero-order valence-corrected chi connectivity index (χ0v) is 16.0. The number of hydrogen-bond acceptors (Lipinski definition) is 3. The molecule has 0 radical (unpaired) electrons. The smallest absolute Gasteiger partial charge is 0.182 e. The van der Waals surface area contributed by atoms with Crippen molar-refractivity contribution in [3.63, 3.8) is 0 Å². The fraction of sp³-hybridized carbons (Fsp3) is 0.174. The van der Waals surface area contributed by atoms with E-state index < -0.39 is 15.1 Å². The van der Waals surface area contributed by atoms with Crippen LogP contribution in [0, 0.1) is 6.92 Å². The Balaban J connectivity index is 1.94. The molecule has 27 heavy (non-hydrogen) atoms. The van der Waals surface area contributed by atoms with E-state index in [0.29, 0.717) is 12.0 Å². The molecule has 0 heterocycles. The molecule has 0 aliphatic carbocycles. The Morgan fingerprint density at radius 2 is 1.37 bits per heavy atom. The summed E-state index contributed by atoms with van der Waals surface area (Å²) >= 11 is 0. The molecule has 0 saturated carbocycles. The highest BCUT2D eigenvalue weighted by Crippen LogP contribution is 2.24. The first kappa shape index (κ1) is 19.1. The van der Waals surface area contributed by atoms with Gasteiger partial charge in [0.2, 0.25) is 0 Å². The summed E-state index contributed by atoms with van der Waals surface area (Å²) in [6.45, 7) is 1.91. The predicted octanol–water partition coefficient (Wildman–Crippen LogP) is 4.65. The van der Waals surface area contributed by atoms with E-state index in [1.165, 1.54) is 0 Å². The zero-order valence-electron chi connectivity index (χ0n) is 15.2. The van der Waals surface area contributed by atoms with Crippen molar-refractivity contribution in [2.24, 2.45) is 0 Å². The molecule has 3 rings (SSSR count). The van der Waals surface area contributed by atoms with Crippen LogP contribution in [0.5, 0.6) is 0 Å². The molecule has 3 aromatic carbocycles. The van der Waals surface area contributed by atoms with Crippen molar-refractivity contribution in [2.75, 3.05) is 0 Å². The Morgan fingerprint density at radius 3 is 1.96 bits per heavy atom. The van der Waals surface area contributed by atoms with Crippen molar-refractivity contribution in [3.8, 4) is 0 Å². The lowest BCUT2D eigenvalue weighted by Crippen LogP contribution is -2.27. The highest BCUT2D eigenvalue weighted by atomic mass is 32.2. The highest BCUT2D eigenvalue weighted by molar-refractivity contribution is 7.92. The molecule has 3 aromatic rings. The number of hydrogen-bond donors (Lipinski definition) is 0. The minimum absolute atomic E-state index is 0.0465. The average molecular weight is 378 g/mol. The second-order valence-electron chi connectivity index (χ2n) is 6.66. The Kier molecular flexibility index (Phi) is 5.87. The first-order chi connectivity index (χ1) is 13.0. The number of carbonyl (C=O) groups is 1. The minimum atomic E-state index is -3.64.